The van der Waals surface area contributed by atoms with E-state index in [2.05, 4.69) is 36.2 Å². The first kappa shape index (κ1) is 12.5. The van der Waals surface area contributed by atoms with Gasteiger partial charge in [0.05, 0.1) is 0 Å². The zero-order valence-corrected chi connectivity index (χ0v) is 10.0. The molecule has 1 amide bonds. The van der Waals surface area contributed by atoms with Crippen LogP contribution in [-0.2, 0) is 11.3 Å². The second-order valence-corrected chi connectivity index (χ2v) is 4.59. The summed E-state index contributed by atoms with van der Waals surface area (Å²) < 4.78 is 1.42. The van der Waals surface area contributed by atoms with Gasteiger partial charge in [0.25, 0.3) is 0 Å². The summed E-state index contributed by atoms with van der Waals surface area (Å²) in [5.74, 6) is 0.105. The summed E-state index contributed by atoms with van der Waals surface area (Å²) in [6.45, 7) is 7.14. The number of nitrogens with zero attached hydrogens (tertiary/aromatic N) is 3. The molecule has 0 atom stereocenters. The topological polar surface area (TPSA) is 85.8 Å². The number of nitrogen functional groups attached to an aromatic ring is 1. The maximum Gasteiger partial charge on any atom is 0.241 e. The summed E-state index contributed by atoms with van der Waals surface area (Å²) in [7, 11) is 0. The van der Waals surface area contributed by atoms with E-state index in [1.165, 1.54) is 11.0 Å². The van der Waals surface area contributed by atoms with Crippen molar-refractivity contribution in [2.75, 3.05) is 12.3 Å². The Labute approximate surface area is 95.2 Å². The molecule has 0 saturated carbocycles. The summed E-state index contributed by atoms with van der Waals surface area (Å²) in [5.41, 5.74) is 5.47. The Morgan fingerprint density at radius 3 is 2.81 bits per heavy atom. The molecule has 0 radical (unpaired) electrons. The van der Waals surface area contributed by atoms with Crippen molar-refractivity contribution < 1.29 is 4.79 Å². The van der Waals surface area contributed by atoms with Crippen molar-refractivity contribution in [3.63, 3.8) is 0 Å². The second kappa shape index (κ2) is 4.96. The molecule has 1 heterocycles. The lowest BCUT2D eigenvalue weighted by molar-refractivity contribution is -0.122. The van der Waals surface area contributed by atoms with Gasteiger partial charge < -0.3 is 11.1 Å². The Hall–Kier alpha value is -1.59. The van der Waals surface area contributed by atoms with Crippen LogP contribution in [0.2, 0.25) is 0 Å². The van der Waals surface area contributed by atoms with Gasteiger partial charge >= 0.3 is 0 Å². The van der Waals surface area contributed by atoms with Crippen LogP contribution in [0.15, 0.2) is 6.33 Å². The number of nitrogens with two attached hydrogens (primary N) is 1. The van der Waals surface area contributed by atoms with Crippen LogP contribution in [0.3, 0.4) is 0 Å². The highest BCUT2D eigenvalue weighted by Gasteiger charge is 2.16. The Morgan fingerprint density at radius 2 is 2.31 bits per heavy atom. The average molecular weight is 225 g/mol. The molecule has 0 unspecified atom stereocenters. The standard InChI is InChI=1S/C10H19N5O/c1-4-10(2,3)6-12-8(16)5-15-7-13-9(11)14-15/h7H,4-6H2,1-3H3,(H2,11,14)(H,12,16). The highest BCUT2D eigenvalue weighted by atomic mass is 16.2. The van der Waals surface area contributed by atoms with E-state index in [0.717, 1.165) is 6.42 Å². The lowest BCUT2D eigenvalue weighted by atomic mass is 9.90. The van der Waals surface area contributed by atoms with Crippen molar-refractivity contribution in [3.05, 3.63) is 6.33 Å². The smallest absolute Gasteiger partial charge is 0.241 e. The van der Waals surface area contributed by atoms with Crippen LogP contribution >= 0.6 is 0 Å². The minimum Gasteiger partial charge on any atom is -0.367 e. The summed E-state index contributed by atoms with van der Waals surface area (Å²) >= 11 is 0. The molecule has 0 aliphatic carbocycles. The molecule has 0 aromatic carbocycles. The molecule has 0 fully saturated rings. The van der Waals surface area contributed by atoms with Gasteiger partial charge in [-0.15, -0.1) is 5.10 Å². The molecule has 0 bridgehead atoms. The van der Waals surface area contributed by atoms with Crippen LogP contribution < -0.4 is 11.1 Å². The third-order valence-electron chi connectivity index (χ3n) is 2.58. The number of amides is 1. The van der Waals surface area contributed by atoms with Crippen LogP contribution in [0, 0.1) is 5.41 Å². The molecule has 0 spiro atoms. The predicted molar refractivity (Wildman–Crippen MR) is 61.5 cm³/mol. The first-order valence-corrected chi connectivity index (χ1v) is 5.34. The molecule has 1 rings (SSSR count). The number of rotatable bonds is 5. The van der Waals surface area contributed by atoms with Crippen LogP contribution in [0.5, 0.6) is 0 Å². The number of nitrogens with one attached hydrogen (secondary N) is 1. The van der Waals surface area contributed by atoms with Gasteiger partial charge in [-0.1, -0.05) is 20.8 Å². The average Bonchev–Trinajstić information content (AvgIpc) is 2.61. The summed E-state index contributed by atoms with van der Waals surface area (Å²) in [6, 6.07) is 0. The second-order valence-electron chi connectivity index (χ2n) is 4.59. The van der Waals surface area contributed by atoms with Crippen LogP contribution in [0.1, 0.15) is 27.2 Å². The molecule has 16 heavy (non-hydrogen) atoms. The minimum atomic E-state index is -0.0774. The van der Waals surface area contributed by atoms with Crippen LogP contribution in [-0.4, -0.2) is 27.2 Å². The van der Waals surface area contributed by atoms with Gasteiger partial charge in [0.1, 0.15) is 12.9 Å². The fourth-order valence-electron chi connectivity index (χ4n) is 1.05. The number of aromatic nitrogens is 3. The number of hydrogen-bond donors (Lipinski definition) is 2. The van der Waals surface area contributed by atoms with E-state index in [4.69, 9.17) is 5.73 Å². The van der Waals surface area contributed by atoms with E-state index in [1.807, 2.05) is 0 Å². The van der Waals surface area contributed by atoms with E-state index in [9.17, 15) is 4.79 Å². The fraction of sp³-hybridized carbons (Fsp3) is 0.700. The van der Waals surface area contributed by atoms with E-state index in [0.29, 0.717) is 6.54 Å². The van der Waals surface area contributed by atoms with Gasteiger partial charge in [-0.2, -0.15) is 0 Å². The number of hydrogen-bond acceptors (Lipinski definition) is 4. The highest BCUT2D eigenvalue weighted by molar-refractivity contribution is 5.75. The summed E-state index contributed by atoms with van der Waals surface area (Å²) in [6.07, 6.45) is 2.46. The van der Waals surface area contributed by atoms with Crippen LogP contribution in [0.4, 0.5) is 5.95 Å². The van der Waals surface area contributed by atoms with Gasteiger partial charge in [0, 0.05) is 6.54 Å². The number of anilines is 1. The molecule has 0 aliphatic rings. The molecule has 6 nitrogen and oxygen atoms in total. The lowest BCUT2D eigenvalue weighted by Crippen LogP contribution is -2.35. The van der Waals surface area contributed by atoms with Crippen molar-refractivity contribution in [2.24, 2.45) is 5.41 Å². The van der Waals surface area contributed by atoms with Crippen LogP contribution in [0.25, 0.3) is 0 Å². The molecule has 0 saturated heterocycles. The molecular formula is C10H19N5O. The minimum absolute atomic E-state index is 0.0774. The van der Waals surface area contributed by atoms with Crippen molar-refractivity contribution in [1.29, 1.82) is 0 Å². The van der Waals surface area contributed by atoms with Gasteiger partial charge in [-0.3, -0.25) is 4.79 Å². The third-order valence-corrected chi connectivity index (χ3v) is 2.58. The molecule has 1 aromatic rings. The predicted octanol–water partition coefficient (Wildman–Crippen LogP) is 0.413. The quantitative estimate of drug-likeness (QED) is 0.760. The van der Waals surface area contributed by atoms with Gasteiger partial charge in [0.15, 0.2) is 0 Å². The molecule has 6 heteroatoms. The van der Waals surface area contributed by atoms with E-state index >= 15 is 0 Å². The van der Waals surface area contributed by atoms with Crippen molar-refractivity contribution in [3.8, 4) is 0 Å². The van der Waals surface area contributed by atoms with E-state index in [-0.39, 0.29) is 23.8 Å². The fourth-order valence-corrected chi connectivity index (χ4v) is 1.05. The zero-order valence-electron chi connectivity index (χ0n) is 10.0. The van der Waals surface area contributed by atoms with Gasteiger partial charge in [-0.25, -0.2) is 9.67 Å². The largest absolute Gasteiger partial charge is 0.367 e. The molecule has 3 N–H and O–H groups in total. The van der Waals surface area contributed by atoms with E-state index in [1.54, 1.807) is 0 Å². The Bertz CT molecular complexity index is 358. The highest BCUT2D eigenvalue weighted by Crippen LogP contribution is 2.17. The summed E-state index contributed by atoms with van der Waals surface area (Å²) in [5, 5.41) is 6.70. The maximum absolute atomic E-state index is 11.5. The summed E-state index contributed by atoms with van der Waals surface area (Å²) in [4.78, 5) is 15.3. The van der Waals surface area contributed by atoms with Gasteiger partial charge in [0.2, 0.25) is 11.9 Å². The number of carbonyl (C=O) groups is 1. The van der Waals surface area contributed by atoms with Crippen molar-refractivity contribution >= 4 is 11.9 Å². The van der Waals surface area contributed by atoms with E-state index < -0.39 is 0 Å². The number of carbonyl (C=O) groups excluding carboxylic acids is 1. The molecule has 0 aliphatic heterocycles. The van der Waals surface area contributed by atoms with Crippen molar-refractivity contribution in [1.82, 2.24) is 20.1 Å². The third kappa shape index (κ3) is 3.88. The normalized spacial score (nSPS) is 11.4. The Morgan fingerprint density at radius 1 is 1.62 bits per heavy atom. The maximum atomic E-state index is 11.5. The first-order chi connectivity index (χ1) is 7.43. The first-order valence-electron chi connectivity index (χ1n) is 5.34. The molecular weight excluding hydrogens is 206 g/mol. The molecule has 1 aromatic heterocycles. The van der Waals surface area contributed by atoms with Gasteiger partial charge in [-0.05, 0) is 11.8 Å². The Balaban J connectivity index is 2.37. The zero-order chi connectivity index (χ0) is 12.2. The lowest BCUT2D eigenvalue weighted by Gasteiger charge is -2.22. The monoisotopic (exact) mass is 225 g/mol. The molecule has 90 valence electrons. The Kier molecular flexibility index (Phi) is 3.87. The SMILES string of the molecule is CCC(C)(C)CNC(=O)Cn1cnc(N)n1. The van der Waals surface area contributed by atoms with Crippen molar-refractivity contribution in [2.45, 2.75) is 33.7 Å².